The van der Waals surface area contributed by atoms with E-state index in [4.69, 9.17) is 4.74 Å². The number of H-pyrrole nitrogens is 1. The van der Waals surface area contributed by atoms with Crippen LogP contribution in [-0.4, -0.2) is 66.1 Å². The van der Waals surface area contributed by atoms with E-state index in [1.165, 1.54) is 6.07 Å². The van der Waals surface area contributed by atoms with Crippen LogP contribution in [0.1, 0.15) is 35.2 Å². The fraction of sp³-hybridized carbons (Fsp3) is 0.524. The number of amides is 1. The van der Waals surface area contributed by atoms with E-state index >= 15 is 0 Å². The molecule has 27 heavy (non-hydrogen) atoms. The van der Waals surface area contributed by atoms with Gasteiger partial charge in [-0.25, -0.2) is 0 Å². The van der Waals surface area contributed by atoms with Gasteiger partial charge in [0.25, 0.3) is 5.91 Å². The first-order chi connectivity index (χ1) is 13.1. The largest absolute Gasteiger partial charge is 0.379 e. The molecular weight excluding hydrogens is 342 g/mol. The zero-order chi connectivity index (χ0) is 18.8. The summed E-state index contributed by atoms with van der Waals surface area (Å²) in [6.45, 7) is 7.01. The summed E-state index contributed by atoms with van der Waals surface area (Å²) in [4.78, 5) is 32.8. The Bertz CT molecular complexity index is 886. The van der Waals surface area contributed by atoms with Crippen molar-refractivity contribution in [2.75, 3.05) is 39.4 Å². The summed E-state index contributed by atoms with van der Waals surface area (Å²) in [5.41, 5.74) is 2.09. The van der Waals surface area contributed by atoms with Crippen molar-refractivity contribution in [3.63, 3.8) is 0 Å². The van der Waals surface area contributed by atoms with E-state index in [1.54, 1.807) is 0 Å². The quantitative estimate of drug-likeness (QED) is 0.900. The summed E-state index contributed by atoms with van der Waals surface area (Å²) in [6, 6.07) is 7.48. The molecule has 0 bridgehead atoms. The first kappa shape index (κ1) is 18.2. The summed E-state index contributed by atoms with van der Waals surface area (Å²) in [5, 5.41) is 0.829. The molecule has 1 aromatic carbocycles. The van der Waals surface area contributed by atoms with Crippen molar-refractivity contribution in [1.29, 1.82) is 0 Å². The number of fused-ring (bicyclic) bond motifs is 1. The van der Waals surface area contributed by atoms with Gasteiger partial charge in [-0.05, 0) is 38.3 Å². The third kappa shape index (κ3) is 3.92. The number of pyridine rings is 1. The van der Waals surface area contributed by atoms with Gasteiger partial charge in [0.05, 0.1) is 18.8 Å². The second-order valence-corrected chi connectivity index (χ2v) is 7.66. The standard InChI is InChI=1S/C21H27N3O3/c1-15-5-6-19-17(12-15)18(13-20(25)22-19)21(26)24-7-3-2-4-16(24)14-23-8-10-27-11-9-23/h5-6,12-13,16H,2-4,7-11,14H2,1H3,(H,22,25)/t16-/m0/s1. The number of carbonyl (C=O) groups excluding carboxylic acids is 1. The first-order valence-electron chi connectivity index (χ1n) is 9.86. The van der Waals surface area contributed by atoms with Gasteiger partial charge in [-0.3, -0.25) is 14.5 Å². The normalized spacial score (nSPS) is 21.5. The number of nitrogens with zero attached hydrogens (tertiary/aromatic N) is 2. The van der Waals surface area contributed by atoms with Crippen molar-refractivity contribution < 1.29 is 9.53 Å². The van der Waals surface area contributed by atoms with E-state index in [1.807, 2.05) is 30.0 Å². The number of aromatic nitrogens is 1. The Morgan fingerprint density at radius 2 is 2.00 bits per heavy atom. The highest BCUT2D eigenvalue weighted by atomic mass is 16.5. The molecule has 2 aromatic rings. The molecule has 0 unspecified atom stereocenters. The average molecular weight is 369 g/mol. The number of hydrogen-bond acceptors (Lipinski definition) is 4. The van der Waals surface area contributed by atoms with E-state index in [0.29, 0.717) is 5.56 Å². The lowest BCUT2D eigenvalue weighted by molar-refractivity contribution is 0.0166. The van der Waals surface area contributed by atoms with Gasteiger partial charge in [0.1, 0.15) is 0 Å². The molecule has 144 valence electrons. The SMILES string of the molecule is Cc1ccc2[nH]c(=O)cc(C(=O)N3CCCC[C@H]3CN3CCOCC3)c2c1. The lowest BCUT2D eigenvalue weighted by Gasteiger charge is -2.39. The van der Waals surface area contributed by atoms with Gasteiger partial charge in [0.2, 0.25) is 5.56 Å². The summed E-state index contributed by atoms with van der Waals surface area (Å²) >= 11 is 0. The number of morpholine rings is 1. The number of rotatable bonds is 3. The molecule has 2 fully saturated rings. The third-order valence-corrected chi connectivity index (χ3v) is 5.69. The van der Waals surface area contributed by atoms with Crippen LogP contribution in [0.4, 0.5) is 0 Å². The number of benzene rings is 1. The summed E-state index contributed by atoms with van der Waals surface area (Å²) < 4.78 is 5.44. The molecule has 2 saturated heterocycles. The maximum Gasteiger partial charge on any atom is 0.255 e. The Labute approximate surface area is 159 Å². The van der Waals surface area contributed by atoms with E-state index in [-0.39, 0.29) is 17.5 Å². The van der Waals surface area contributed by atoms with Crippen LogP contribution in [0.25, 0.3) is 10.9 Å². The fourth-order valence-electron chi connectivity index (χ4n) is 4.24. The highest BCUT2D eigenvalue weighted by Gasteiger charge is 2.30. The average Bonchev–Trinajstić information content (AvgIpc) is 2.68. The zero-order valence-electron chi connectivity index (χ0n) is 15.9. The van der Waals surface area contributed by atoms with Crippen LogP contribution in [0.5, 0.6) is 0 Å². The molecule has 1 N–H and O–H groups in total. The molecular formula is C21H27N3O3. The van der Waals surface area contributed by atoms with Gasteiger partial charge in [-0.2, -0.15) is 0 Å². The number of carbonyl (C=O) groups is 1. The number of aryl methyl sites for hydroxylation is 1. The lowest BCUT2D eigenvalue weighted by Crippen LogP contribution is -2.51. The first-order valence-corrected chi connectivity index (χ1v) is 9.86. The van der Waals surface area contributed by atoms with Crippen LogP contribution >= 0.6 is 0 Å². The summed E-state index contributed by atoms with van der Waals surface area (Å²) in [6.07, 6.45) is 3.18. The topological polar surface area (TPSA) is 65.6 Å². The Morgan fingerprint density at radius 3 is 2.81 bits per heavy atom. The number of ether oxygens (including phenoxy) is 1. The van der Waals surface area contributed by atoms with Gasteiger partial charge < -0.3 is 14.6 Å². The van der Waals surface area contributed by atoms with Crippen molar-refractivity contribution in [3.8, 4) is 0 Å². The molecule has 0 radical (unpaired) electrons. The number of nitrogens with one attached hydrogen (secondary N) is 1. The number of aromatic amines is 1. The van der Waals surface area contributed by atoms with E-state index in [2.05, 4.69) is 9.88 Å². The van der Waals surface area contributed by atoms with Gasteiger partial charge in [0.15, 0.2) is 0 Å². The number of likely N-dealkylation sites (tertiary alicyclic amines) is 1. The van der Waals surface area contributed by atoms with Crippen LogP contribution < -0.4 is 5.56 Å². The highest BCUT2D eigenvalue weighted by molar-refractivity contribution is 6.06. The minimum atomic E-state index is -0.226. The van der Waals surface area contributed by atoms with Crippen LogP contribution in [0.3, 0.4) is 0 Å². The molecule has 2 aliphatic rings. The second-order valence-electron chi connectivity index (χ2n) is 7.66. The Kier molecular flexibility index (Phi) is 5.27. The molecule has 6 heteroatoms. The van der Waals surface area contributed by atoms with Gasteiger partial charge in [-0.15, -0.1) is 0 Å². The molecule has 1 amide bonds. The maximum absolute atomic E-state index is 13.5. The third-order valence-electron chi connectivity index (χ3n) is 5.69. The van der Waals surface area contributed by atoms with Gasteiger partial charge in [-0.1, -0.05) is 11.6 Å². The Morgan fingerprint density at radius 1 is 1.19 bits per heavy atom. The summed E-state index contributed by atoms with van der Waals surface area (Å²) in [5.74, 6) is -0.0188. The lowest BCUT2D eigenvalue weighted by atomic mass is 9.98. The monoisotopic (exact) mass is 369 g/mol. The molecule has 6 nitrogen and oxygen atoms in total. The van der Waals surface area contributed by atoms with Crippen LogP contribution in [0.15, 0.2) is 29.1 Å². The molecule has 4 rings (SSSR count). The van der Waals surface area contributed by atoms with Gasteiger partial charge >= 0.3 is 0 Å². The predicted molar refractivity (Wildman–Crippen MR) is 105 cm³/mol. The molecule has 1 atom stereocenters. The highest BCUT2D eigenvalue weighted by Crippen LogP contribution is 2.24. The van der Waals surface area contributed by atoms with Crippen molar-refractivity contribution in [1.82, 2.24) is 14.8 Å². The van der Waals surface area contributed by atoms with Crippen molar-refractivity contribution >= 4 is 16.8 Å². The van der Waals surface area contributed by atoms with Crippen LogP contribution in [0.2, 0.25) is 0 Å². The minimum absolute atomic E-state index is 0.0188. The zero-order valence-corrected chi connectivity index (χ0v) is 15.9. The van der Waals surface area contributed by atoms with Crippen molar-refractivity contribution in [2.45, 2.75) is 32.2 Å². The van der Waals surface area contributed by atoms with Crippen molar-refractivity contribution in [3.05, 3.63) is 45.7 Å². The molecule has 1 aromatic heterocycles. The minimum Gasteiger partial charge on any atom is -0.379 e. The summed E-state index contributed by atoms with van der Waals surface area (Å²) in [7, 11) is 0. The van der Waals surface area contributed by atoms with E-state index < -0.39 is 0 Å². The predicted octanol–water partition coefficient (Wildman–Crippen LogP) is 2.16. The molecule has 3 heterocycles. The molecule has 0 aliphatic carbocycles. The van der Waals surface area contributed by atoms with Crippen LogP contribution in [0, 0.1) is 6.92 Å². The van der Waals surface area contributed by atoms with E-state index in [0.717, 1.165) is 75.1 Å². The van der Waals surface area contributed by atoms with Crippen molar-refractivity contribution in [2.24, 2.45) is 0 Å². The smallest absolute Gasteiger partial charge is 0.255 e. The molecule has 2 aliphatic heterocycles. The Balaban J connectivity index is 1.64. The van der Waals surface area contributed by atoms with Crippen LogP contribution in [-0.2, 0) is 4.74 Å². The number of hydrogen-bond donors (Lipinski definition) is 1. The fourth-order valence-corrected chi connectivity index (χ4v) is 4.24. The molecule has 0 saturated carbocycles. The number of piperidine rings is 1. The maximum atomic E-state index is 13.5. The van der Waals surface area contributed by atoms with E-state index in [9.17, 15) is 9.59 Å². The Hall–Kier alpha value is -2.18. The molecule has 0 spiro atoms. The second kappa shape index (κ2) is 7.82. The van der Waals surface area contributed by atoms with Gasteiger partial charge in [0, 0.05) is 49.2 Å².